The minimum absolute atomic E-state index is 0.0912. The highest BCUT2D eigenvalue weighted by atomic mass is 19.4. The molecule has 1 heterocycles. The van der Waals surface area contributed by atoms with Crippen LogP contribution >= 0.6 is 0 Å². The highest BCUT2D eigenvalue weighted by molar-refractivity contribution is 5.95. The Balaban J connectivity index is 1.52. The molecule has 7 nitrogen and oxygen atoms in total. The number of likely N-dealkylation sites (tertiary alicyclic amines) is 1. The van der Waals surface area contributed by atoms with Gasteiger partial charge in [-0.25, -0.2) is 0 Å². The molecule has 1 N–H and O–H groups in total. The zero-order valence-corrected chi connectivity index (χ0v) is 19.6. The molecule has 0 unspecified atom stereocenters. The first-order chi connectivity index (χ1) is 16.6. The first-order valence-electron chi connectivity index (χ1n) is 11.3. The number of alkyl halides is 3. The van der Waals surface area contributed by atoms with Crippen molar-refractivity contribution < 1.29 is 32.3 Å². The van der Waals surface area contributed by atoms with Gasteiger partial charge in [0, 0.05) is 36.8 Å². The number of amides is 3. The number of hydrogen-bond donors (Lipinski definition) is 1. The van der Waals surface area contributed by atoms with Crippen LogP contribution in [0.4, 0.5) is 18.9 Å². The lowest BCUT2D eigenvalue weighted by atomic mass is 9.94. The number of piperidine rings is 1. The lowest BCUT2D eigenvalue weighted by Gasteiger charge is -2.34. The third kappa shape index (κ3) is 6.74. The average Bonchev–Trinajstić information content (AvgIpc) is 2.86. The van der Waals surface area contributed by atoms with Crippen molar-refractivity contribution in [1.82, 2.24) is 9.80 Å². The van der Waals surface area contributed by atoms with Crippen LogP contribution in [-0.2, 0) is 15.8 Å². The van der Waals surface area contributed by atoms with Crippen molar-refractivity contribution in [3.05, 3.63) is 59.7 Å². The molecule has 0 aliphatic carbocycles. The first kappa shape index (κ1) is 26.1. The number of rotatable bonds is 7. The molecule has 0 saturated carbocycles. The molecule has 0 bridgehead atoms. The summed E-state index contributed by atoms with van der Waals surface area (Å²) in [6.45, 7) is 2.69. The molecule has 10 heteroatoms. The van der Waals surface area contributed by atoms with Crippen LogP contribution in [0.25, 0.3) is 0 Å². The quantitative estimate of drug-likeness (QED) is 0.634. The molecule has 3 amide bonds. The van der Waals surface area contributed by atoms with Gasteiger partial charge in [0.05, 0.1) is 19.2 Å². The fraction of sp³-hybridized carbons (Fsp3) is 0.400. The molecule has 1 aliphatic rings. The summed E-state index contributed by atoms with van der Waals surface area (Å²) in [5.74, 6) is -0.507. The highest BCUT2D eigenvalue weighted by Gasteiger charge is 2.32. The molecular formula is C25H28F3N3O4. The maximum Gasteiger partial charge on any atom is 0.416 e. The summed E-state index contributed by atoms with van der Waals surface area (Å²) in [5, 5.41) is 2.76. The van der Waals surface area contributed by atoms with Crippen molar-refractivity contribution in [2.24, 2.45) is 5.92 Å². The number of likely N-dealkylation sites (N-methyl/N-ethyl adjacent to an activating group) is 1. The van der Waals surface area contributed by atoms with Crippen molar-refractivity contribution in [1.29, 1.82) is 0 Å². The van der Waals surface area contributed by atoms with E-state index in [1.54, 1.807) is 43.2 Å². The van der Waals surface area contributed by atoms with E-state index in [0.29, 0.717) is 43.9 Å². The molecule has 0 aromatic heterocycles. The van der Waals surface area contributed by atoms with E-state index in [1.165, 1.54) is 17.0 Å². The van der Waals surface area contributed by atoms with Crippen molar-refractivity contribution >= 4 is 23.4 Å². The highest BCUT2D eigenvalue weighted by Crippen LogP contribution is 2.29. The fourth-order valence-electron chi connectivity index (χ4n) is 3.97. The molecule has 0 radical (unpaired) electrons. The molecule has 2 aromatic carbocycles. The number of carbonyl (C=O) groups excluding carboxylic acids is 3. The second-order valence-electron chi connectivity index (χ2n) is 8.27. The van der Waals surface area contributed by atoms with Crippen LogP contribution in [0.1, 0.15) is 35.7 Å². The van der Waals surface area contributed by atoms with Gasteiger partial charge in [0.15, 0.2) is 0 Å². The Labute approximate surface area is 201 Å². The van der Waals surface area contributed by atoms with Gasteiger partial charge in [-0.15, -0.1) is 0 Å². The minimum Gasteiger partial charge on any atom is -0.497 e. The SMILES string of the molecule is CCN(CC(=O)Nc1ccc(OC)cc1)C(=O)C1CCN(C(=O)c2ccc(C(F)(F)F)cc2)CC1. The topological polar surface area (TPSA) is 79.0 Å². The van der Waals surface area contributed by atoms with E-state index in [0.717, 1.165) is 12.1 Å². The van der Waals surface area contributed by atoms with Crippen LogP contribution in [0.15, 0.2) is 48.5 Å². The van der Waals surface area contributed by atoms with E-state index in [1.807, 2.05) is 0 Å². The summed E-state index contributed by atoms with van der Waals surface area (Å²) in [4.78, 5) is 41.1. The Hall–Kier alpha value is -3.56. The average molecular weight is 492 g/mol. The summed E-state index contributed by atoms with van der Waals surface area (Å²) in [6.07, 6.45) is -3.62. The molecule has 0 atom stereocenters. The molecule has 188 valence electrons. The van der Waals surface area contributed by atoms with Crippen molar-refractivity contribution in [3.8, 4) is 5.75 Å². The summed E-state index contributed by atoms with van der Waals surface area (Å²) >= 11 is 0. The maximum atomic E-state index is 13.0. The summed E-state index contributed by atoms with van der Waals surface area (Å²) < 4.78 is 43.3. The Morgan fingerprint density at radius 1 is 1.03 bits per heavy atom. The number of methoxy groups -OCH3 is 1. The van der Waals surface area contributed by atoms with Gasteiger partial charge >= 0.3 is 6.18 Å². The van der Waals surface area contributed by atoms with E-state index < -0.39 is 11.7 Å². The number of ether oxygens (including phenoxy) is 1. The third-order valence-corrected chi connectivity index (χ3v) is 5.99. The van der Waals surface area contributed by atoms with E-state index in [4.69, 9.17) is 4.74 Å². The van der Waals surface area contributed by atoms with E-state index in [-0.39, 0.29) is 35.7 Å². The number of hydrogen-bond acceptors (Lipinski definition) is 4. The molecule has 0 spiro atoms. The molecule has 3 rings (SSSR count). The Morgan fingerprint density at radius 2 is 1.63 bits per heavy atom. The van der Waals surface area contributed by atoms with Gasteiger partial charge in [0.1, 0.15) is 5.75 Å². The molecule has 1 fully saturated rings. The van der Waals surface area contributed by atoms with Crippen LogP contribution < -0.4 is 10.1 Å². The van der Waals surface area contributed by atoms with Gasteiger partial charge in [0.2, 0.25) is 11.8 Å². The van der Waals surface area contributed by atoms with E-state index >= 15 is 0 Å². The number of halogens is 3. The zero-order chi connectivity index (χ0) is 25.6. The Morgan fingerprint density at radius 3 is 2.14 bits per heavy atom. The summed E-state index contributed by atoms with van der Waals surface area (Å²) in [5.41, 5.74) is -0.0448. The van der Waals surface area contributed by atoms with Crippen molar-refractivity contribution in [2.75, 3.05) is 38.6 Å². The van der Waals surface area contributed by atoms with Gasteiger partial charge in [-0.1, -0.05) is 0 Å². The number of carbonyl (C=O) groups is 3. The van der Waals surface area contributed by atoms with Crippen LogP contribution in [-0.4, -0.2) is 60.8 Å². The normalized spacial score (nSPS) is 14.4. The van der Waals surface area contributed by atoms with Gasteiger partial charge in [0.25, 0.3) is 5.91 Å². The predicted molar refractivity (Wildman–Crippen MR) is 124 cm³/mol. The lowest BCUT2D eigenvalue weighted by Crippen LogP contribution is -2.46. The molecule has 2 aromatic rings. The van der Waals surface area contributed by atoms with Gasteiger partial charge < -0.3 is 19.9 Å². The van der Waals surface area contributed by atoms with Crippen LogP contribution in [0.2, 0.25) is 0 Å². The molecule has 1 saturated heterocycles. The Bertz CT molecular complexity index is 1030. The van der Waals surface area contributed by atoms with Gasteiger partial charge in [-0.3, -0.25) is 14.4 Å². The Kier molecular flexibility index (Phi) is 8.37. The smallest absolute Gasteiger partial charge is 0.416 e. The van der Waals surface area contributed by atoms with Crippen molar-refractivity contribution in [3.63, 3.8) is 0 Å². The monoisotopic (exact) mass is 491 g/mol. The summed E-state index contributed by atoms with van der Waals surface area (Å²) in [7, 11) is 1.55. The van der Waals surface area contributed by atoms with Crippen molar-refractivity contribution in [2.45, 2.75) is 25.9 Å². The summed E-state index contributed by atoms with van der Waals surface area (Å²) in [6, 6.07) is 11.0. The maximum absolute atomic E-state index is 13.0. The molecule has 35 heavy (non-hydrogen) atoms. The van der Waals surface area contributed by atoms with Gasteiger partial charge in [-0.2, -0.15) is 13.2 Å². The predicted octanol–water partition coefficient (Wildman–Crippen LogP) is 4.05. The number of nitrogens with zero attached hydrogens (tertiary/aromatic N) is 2. The zero-order valence-electron chi connectivity index (χ0n) is 19.6. The second-order valence-corrected chi connectivity index (χ2v) is 8.27. The number of benzene rings is 2. The largest absolute Gasteiger partial charge is 0.497 e. The number of nitrogens with one attached hydrogen (secondary N) is 1. The second kappa shape index (κ2) is 11.2. The molecule has 1 aliphatic heterocycles. The van der Waals surface area contributed by atoms with Crippen LogP contribution in [0.3, 0.4) is 0 Å². The fourth-order valence-corrected chi connectivity index (χ4v) is 3.97. The lowest BCUT2D eigenvalue weighted by molar-refractivity contribution is -0.139. The first-order valence-corrected chi connectivity index (χ1v) is 11.3. The third-order valence-electron chi connectivity index (χ3n) is 5.99. The van der Waals surface area contributed by atoms with Crippen LogP contribution in [0, 0.1) is 5.92 Å². The minimum atomic E-state index is -4.46. The van der Waals surface area contributed by atoms with Crippen LogP contribution in [0.5, 0.6) is 5.75 Å². The van der Waals surface area contributed by atoms with Gasteiger partial charge in [-0.05, 0) is 68.3 Å². The number of anilines is 1. The van der Waals surface area contributed by atoms with E-state index in [2.05, 4.69) is 5.32 Å². The standard InChI is InChI=1S/C25H28F3N3O4/c1-3-30(16-22(32)29-20-8-10-21(35-2)11-9-20)23(33)18-12-14-31(15-13-18)24(34)17-4-6-19(7-5-17)25(26,27)28/h4-11,18H,3,12-16H2,1-2H3,(H,29,32). The molecular weight excluding hydrogens is 463 g/mol. The van der Waals surface area contributed by atoms with E-state index in [9.17, 15) is 27.6 Å².